The molecule has 0 unspecified atom stereocenters. The molecule has 0 spiro atoms. The molecule has 1 N–H and O–H groups in total. The van der Waals surface area contributed by atoms with Crippen molar-refractivity contribution in [1.82, 2.24) is 0 Å². The highest BCUT2D eigenvalue weighted by Crippen LogP contribution is 2.30. The number of para-hydroxylation sites is 1. The molecule has 0 saturated heterocycles. The van der Waals surface area contributed by atoms with E-state index in [1.807, 2.05) is 31.2 Å². The standard InChI is InChI=1S/C16H16Cl2O2/c1-2-15(19)11-6-3-4-9-16(11)20-10-12-13(17)7-5-8-14(12)18/h3-9,15,19H,2,10H2,1H3/t15-/m0/s1. The number of ether oxygens (including phenoxy) is 1. The van der Waals surface area contributed by atoms with Crippen molar-refractivity contribution in [3.8, 4) is 5.75 Å². The van der Waals surface area contributed by atoms with Gasteiger partial charge in [0.25, 0.3) is 0 Å². The summed E-state index contributed by atoms with van der Waals surface area (Å²) in [5.41, 5.74) is 1.52. The largest absolute Gasteiger partial charge is 0.488 e. The lowest BCUT2D eigenvalue weighted by atomic mass is 10.1. The molecule has 0 aromatic heterocycles. The van der Waals surface area contributed by atoms with Crippen molar-refractivity contribution in [3.63, 3.8) is 0 Å². The Morgan fingerprint density at radius 3 is 2.35 bits per heavy atom. The van der Waals surface area contributed by atoms with Gasteiger partial charge in [-0.05, 0) is 24.6 Å². The molecule has 0 aliphatic heterocycles. The van der Waals surface area contributed by atoms with E-state index in [4.69, 9.17) is 27.9 Å². The normalized spacial score (nSPS) is 12.2. The van der Waals surface area contributed by atoms with Crippen molar-refractivity contribution < 1.29 is 9.84 Å². The molecule has 106 valence electrons. The zero-order valence-electron chi connectivity index (χ0n) is 11.1. The quantitative estimate of drug-likeness (QED) is 0.840. The predicted molar refractivity (Wildman–Crippen MR) is 82.5 cm³/mol. The lowest BCUT2D eigenvalue weighted by Gasteiger charge is -2.15. The average Bonchev–Trinajstić information content (AvgIpc) is 2.46. The molecule has 0 heterocycles. The van der Waals surface area contributed by atoms with E-state index in [0.29, 0.717) is 22.2 Å². The number of aliphatic hydroxyl groups is 1. The van der Waals surface area contributed by atoms with Gasteiger partial charge in [-0.25, -0.2) is 0 Å². The zero-order valence-corrected chi connectivity index (χ0v) is 12.7. The molecule has 20 heavy (non-hydrogen) atoms. The van der Waals surface area contributed by atoms with Crippen LogP contribution in [0, 0.1) is 0 Å². The molecular formula is C16H16Cl2O2. The van der Waals surface area contributed by atoms with Crippen LogP contribution in [0.25, 0.3) is 0 Å². The molecule has 2 nitrogen and oxygen atoms in total. The molecule has 2 aromatic rings. The second-order valence-corrected chi connectivity index (χ2v) is 5.27. The summed E-state index contributed by atoms with van der Waals surface area (Å²) in [6, 6.07) is 12.8. The van der Waals surface area contributed by atoms with E-state index in [1.54, 1.807) is 18.2 Å². The second kappa shape index (κ2) is 6.98. The van der Waals surface area contributed by atoms with Gasteiger partial charge < -0.3 is 9.84 Å². The van der Waals surface area contributed by atoms with Gasteiger partial charge in [-0.15, -0.1) is 0 Å². The molecule has 0 bridgehead atoms. The molecule has 4 heteroatoms. The first-order valence-corrected chi connectivity index (χ1v) is 7.21. The summed E-state index contributed by atoms with van der Waals surface area (Å²) in [5, 5.41) is 11.1. The van der Waals surface area contributed by atoms with E-state index in [2.05, 4.69) is 0 Å². The van der Waals surface area contributed by atoms with E-state index in [-0.39, 0.29) is 6.61 Å². The van der Waals surface area contributed by atoms with Crippen LogP contribution >= 0.6 is 23.2 Å². The van der Waals surface area contributed by atoms with Crippen LogP contribution in [0.4, 0.5) is 0 Å². The smallest absolute Gasteiger partial charge is 0.125 e. The Bertz CT molecular complexity index is 564. The van der Waals surface area contributed by atoms with Gasteiger partial charge in [0.2, 0.25) is 0 Å². The van der Waals surface area contributed by atoms with Crippen molar-refractivity contribution in [2.45, 2.75) is 26.1 Å². The minimum atomic E-state index is -0.534. The van der Waals surface area contributed by atoms with Gasteiger partial charge in [0.1, 0.15) is 12.4 Å². The van der Waals surface area contributed by atoms with Gasteiger partial charge in [0.15, 0.2) is 0 Å². The molecule has 0 saturated carbocycles. The first-order chi connectivity index (χ1) is 9.63. The van der Waals surface area contributed by atoms with Gasteiger partial charge in [-0.3, -0.25) is 0 Å². The Morgan fingerprint density at radius 1 is 1.05 bits per heavy atom. The van der Waals surface area contributed by atoms with Crippen molar-refractivity contribution >= 4 is 23.2 Å². The Morgan fingerprint density at radius 2 is 1.70 bits per heavy atom. The highest BCUT2D eigenvalue weighted by molar-refractivity contribution is 6.35. The van der Waals surface area contributed by atoms with Crippen LogP contribution in [0.15, 0.2) is 42.5 Å². The number of hydrogen-bond donors (Lipinski definition) is 1. The SMILES string of the molecule is CC[C@H](O)c1ccccc1OCc1c(Cl)cccc1Cl. The van der Waals surface area contributed by atoms with Crippen molar-refractivity contribution in [1.29, 1.82) is 0 Å². The van der Waals surface area contributed by atoms with Crippen LogP contribution in [-0.4, -0.2) is 5.11 Å². The Balaban J connectivity index is 2.19. The third kappa shape index (κ3) is 3.45. The van der Waals surface area contributed by atoms with Gasteiger partial charge in [-0.1, -0.05) is 54.4 Å². The lowest BCUT2D eigenvalue weighted by Crippen LogP contribution is -2.03. The van der Waals surface area contributed by atoms with Crippen molar-refractivity contribution in [3.05, 3.63) is 63.6 Å². The van der Waals surface area contributed by atoms with Crippen molar-refractivity contribution in [2.24, 2.45) is 0 Å². The molecule has 0 fully saturated rings. The minimum absolute atomic E-state index is 0.270. The summed E-state index contributed by atoms with van der Waals surface area (Å²) in [6.07, 6.45) is 0.0978. The third-order valence-electron chi connectivity index (χ3n) is 3.10. The Labute approximate surface area is 128 Å². The van der Waals surface area contributed by atoms with Gasteiger partial charge in [0.05, 0.1) is 6.10 Å². The first-order valence-electron chi connectivity index (χ1n) is 6.46. The van der Waals surface area contributed by atoms with Gasteiger partial charge in [-0.2, -0.15) is 0 Å². The van der Waals surface area contributed by atoms with Gasteiger partial charge >= 0.3 is 0 Å². The summed E-state index contributed by atoms with van der Waals surface area (Å²) < 4.78 is 5.78. The summed E-state index contributed by atoms with van der Waals surface area (Å²) >= 11 is 12.2. The predicted octanol–water partition coefficient (Wildman–Crippen LogP) is 5.02. The molecule has 1 atom stereocenters. The maximum absolute atomic E-state index is 9.98. The molecule has 2 aromatic carbocycles. The summed E-state index contributed by atoms with van der Waals surface area (Å²) in [7, 11) is 0. The molecule has 0 aliphatic carbocycles. The van der Waals surface area contributed by atoms with E-state index >= 15 is 0 Å². The summed E-state index contributed by atoms with van der Waals surface area (Å²) in [5.74, 6) is 0.651. The highest BCUT2D eigenvalue weighted by atomic mass is 35.5. The van der Waals surface area contributed by atoms with Gasteiger partial charge in [0, 0.05) is 21.2 Å². The van der Waals surface area contributed by atoms with Crippen LogP contribution < -0.4 is 4.74 Å². The van der Waals surface area contributed by atoms with Crippen LogP contribution in [0.5, 0.6) is 5.75 Å². The molecule has 0 aliphatic rings. The van der Waals surface area contributed by atoms with E-state index < -0.39 is 6.10 Å². The Hall–Kier alpha value is -1.22. The number of halogens is 2. The summed E-state index contributed by atoms with van der Waals surface area (Å²) in [6.45, 7) is 2.19. The fraction of sp³-hybridized carbons (Fsp3) is 0.250. The van der Waals surface area contributed by atoms with Crippen LogP contribution in [0.2, 0.25) is 10.0 Å². The van der Waals surface area contributed by atoms with Crippen LogP contribution in [0.1, 0.15) is 30.6 Å². The van der Waals surface area contributed by atoms with Crippen LogP contribution in [0.3, 0.4) is 0 Å². The zero-order chi connectivity index (χ0) is 14.5. The average molecular weight is 311 g/mol. The monoisotopic (exact) mass is 310 g/mol. The maximum atomic E-state index is 9.98. The first kappa shape index (κ1) is 15.2. The molecule has 0 radical (unpaired) electrons. The maximum Gasteiger partial charge on any atom is 0.125 e. The number of benzene rings is 2. The van der Waals surface area contributed by atoms with Crippen LogP contribution in [-0.2, 0) is 6.61 Å². The van der Waals surface area contributed by atoms with Crippen molar-refractivity contribution in [2.75, 3.05) is 0 Å². The fourth-order valence-electron chi connectivity index (χ4n) is 1.93. The fourth-order valence-corrected chi connectivity index (χ4v) is 2.43. The molecule has 0 amide bonds. The summed E-state index contributed by atoms with van der Waals surface area (Å²) in [4.78, 5) is 0. The number of aliphatic hydroxyl groups excluding tert-OH is 1. The minimum Gasteiger partial charge on any atom is -0.488 e. The lowest BCUT2D eigenvalue weighted by molar-refractivity contribution is 0.166. The van der Waals surface area contributed by atoms with E-state index in [1.165, 1.54) is 0 Å². The molecule has 2 rings (SSSR count). The van der Waals surface area contributed by atoms with E-state index in [0.717, 1.165) is 11.1 Å². The Kier molecular flexibility index (Phi) is 5.30. The highest BCUT2D eigenvalue weighted by Gasteiger charge is 2.12. The third-order valence-corrected chi connectivity index (χ3v) is 3.81. The second-order valence-electron chi connectivity index (χ2n) is 4.45. The number of hydrogen-bond acceptors (Lipinski definition) is 2. The molecular weight excluding hydrogens is 295 g/mol. The van der Waals surface area contributed by atoms with E-state index in [9.17, 15) is 5.11 Å². The topological polar surface area (TPSA) is 29.5 Å². The number of rotatable bonds is 5.